The van der Waals surface area contributed by atoms with Gasteiger partial charge < -0.3 is 21.1 Å². The van der Waals surface area contributed by atoms with Crippen LogP contribution in [0.4, 0.5) is 23.0 Å². The number of nitrogens with one attached hydrogen (secondary N) is 2. The number of hydrogen-bond donors (Lipinski definition) is 3. The van der Waals surface area contributed by atoms with Crippen LogP contribution >= 0.6 is 11.3 Å². The highest BCUT2D eigenvalue weighted by molar-refractivity contribution is 7.17. The van der Waals surface area contributed by atoms with Gasteiger partial charge in [-0.3, -0.25) is 19.3 Å². The number of nitrogens with zero attached hydrogens (tertiary/aromatic N) is 1. The van der Waals surface area contributed by atoms with E-state index < -0.39 is 47.9 Å². The first-order valence-corrected chi connectivity index (χ1v) is 11.0. The number of alkyl halides is 3. The van der Waals surface area contributed by atoms with Gasteiger partial charge in [-0.25, -0.2) is 4.79 Å². The van der Waals surface area contributed by atoms with Gasteiger partial charge in [0.05, 0.1) is 5.56 Å². The summed E-state index contributed by atoms with van der Waals surface area (Å²) < 4.78 is 40.9. The van der Waals surface area contributed by atoms with E-state index in [0.717, 1.165) is 35.4 Å². The molecule has 2 aliphatic rings. The van der Waals surface area contributed by atoms with E-state index in [1.165, 1.54) is 30.4 Å². The number of primary amides is 1. The first-order valence-electron chi connectivity index (χ1n) is 10.1. The maximum Gasteiger partial charge on any atom is 0.573 e. The van der Waals surface area contributed by atoms with Crippen LogP contribution < -0.4 is 21.1 Å². The van der Waals surface area contributed by atoms with Gasteiger partial charge in [0.1, 0.15) is 22.8 Å². The van der Waals surface area contributed by atoms with Crippen molar-refractivity contribution in [3.05, 3.63) is 45.8 Å². The third-order valence-corrected chi connectivity index (χ3v) is 6.87. The highest BCUT2D eigenvalue weighted by Gasteiger charge is 2.49. The molecule has 9 nitrogen and oxygen atoms in total. The van der Waals surface area contributed by atoms with Crippen LogP contribution in [-0.4, -0.2) is 41.6 Å². The Balaban J connectivity index is 1.48. The number of urea groups is 1. The van der Waals surface area contributed by atoms with E-state index in [1.807, 2.05) is 0 Å². The molecule has 4 N–H and O–H groups in total. The molecule has 180 valence electrons. The minimum Gasteiger partial charge on any atom is -0.406 e. The summed E-state index contributed by atoms with van der Waals surface area (Å²) >= 11 is 1.24. The van der Waals surface area contributed by atoms with Crippen LogP contribution in [0.25, 0.3) is 0 Å². The predicted molar refractivity (Wildman–Crippen MR) is 114 cm³/mol. The van der Waals surface area contributed by atoms with Gasteiger partial charge >= 0.3 is 12.4 Å². The van der Waals surface area contributed by atoms with E-state index in [0.29, 0.717) is 11.3 Å². The summed E-state index contributed by atoms with van der Waals surface area (Å²) in [5, 5.41) is 5.31. The summed E-state index contributed by atoms with van der Waals surface area (Å²) in [4.78, 5) is 51.7. The van der Waals surface area contributed by atoms with Crippen molar-refractivity contribution in [1.82, 2.24) is 10.2 Å². The molecule has 1 aromatic carbocycles. The topological polar surface area (TPSA) is 131 Å². The molecule has 0 saturated carbocycles. The number of imide groups is 1. The van der Waals surface area contributed by atoms with Crippen LogP contribution in [0.15, 0.2) is 24.3 Å². The van der Waals surface area contributed by atoms with Crippen molar-refractivity contribution in [2.45, 2.75) is 38.1 Å². The van der Waals surface area contributed by atoms with Gasteiger partial charge in [-0.15, -0.1) is 24.5 Å². The average Bonchev–Trinajstić information content (AvgIpc) is 3.36. The predicted octanol–water partition coefficient (Wildman–Crippen LogP) is 2.64. The molecule has 1 fully saturated rings. The number of anilines is 1. The fraction of sp³-hybridized carbons (Fsp3) is 0.333. The number of ether oxygens (including phenoxy) is 1. The van der Waals surface area contributed by atoms with E-state index in [-0.39, 0.29) is 16.1 Å². The maximum atomic E-state index is 13.0. The number of aryl methyl sites for hydroxylation is 1. The van der Waals surface area contributed by atoms with E-state index >= 15 is 0 Å². The largest absolute Gasteiger partial charge is 0.573 e. The van der Waals surface area contributed by atoms with Gasteiger partial charge in [0.25, 0.3) is 11.8 Å². The van der Waals surface area contributed by atoms with Crippen LogP contribution in [0.2, 0.25) is 0 Å². The summed E-state index contributed by atoms with van der Waals surface area (Å²) in [6.07, 6.45) is -2.53. The molecule has 1 unspecified atom stereocenters. The van der Waals surface area contributed by atoms with E-state index in [2.05, 4.69) is 15.4 Å². The molecular weight excluding hydrogens is 477 g/mol. The lowest BCUT2D eigenvalue weighted by molar-refractivity contribution is -0.274. The Kier molecular flexibility index (Phi) is 5.75. The molecule has 1 saturated heterocycles. The number of amides is 5. The number of hydrogen-bond acceptors (Lipinski definition) is 6. The number of thiophene rings is 1. The summed E-state index contributed by atoms with van der Waals surface area (Å²) in [7, 11) is 0. The lowest BCUT2D eigenvalue weighted by Gasteiger charge is -2.22. The van der Waals surface area contributed by atoms with Gasteiger partial charge in [0, 0.05) is 4.88 Å². The zero-order valence-corrected chi connectivity index (χ0v) is 18.6. The first kappa shape index (κ1) is 23.5. The quantitative estimate of drug-likeness (QED) is 0.530. The highest BCUT2D eigenvalue weighted by Crippen LogP contribution is 2.39. The summed E-state index contributed by atoms with van der Waals surface area (Å²) in [6, 6.07) is 3.63. The number of fused-ring (bicyclic) bond motifs is 1. The summed E-state index contributed by atoms with van der Waals surface area (Å²) in [5.41, 5.74) is 5.14. The molecule has 0 bridgehead atoms. The minimum atomic E-state index is -4.87. The monoisotopic (exact) mass is 496 g/mol. The van der Waals surface area contributed by atoms with Crippen LogP contribution in [-0.2, 0) is 28.0 Å². The van der Waals surface area contributed by atoms with Crippen molar-refractivity contribution in [3.63, 3.8) is 0 Å². The van der Waals surface area contributed by atoms with Crippen LogP contribution in [0, 0.1) is 0 Å². The molecule has 2 aromatic rings. The SMILES string of the molecule is CC1(c2ccc(OC(F)(F)F)cc2)NC(=O)N(CC(=O)Nc2sc3c(c2C(N)=O)CCC3)C1=O. The standard InChI is InChI=1S/C21H19F3N4O5S/c1-20(10-5-7-11(8-6-10)33-21(22,23)24)18(31)28(19(32)27-20)9-14(29)26-17-15(16(25)30)12-3-2-4-13(12)34-17/h5-8H,2-4,9H2,1H3,(H2,25,30)(H,26,29)(H,27,32). The second-order valence-electron chi connectivity index (χ2n) is 7.99. The number of benzene rings is 1. The molecule has 4 rings (SSSR count). The molecule has 1 aromatic heterocycles. The van der Waals surface area contributed by atoms with Crippen LogP contribution in [0.5, 0.6) is 5.75 Å². The molecule has 1 atom stereocenters. The van der Waals surface area contributed by atoms with Crippen molar-refractivity contribution in [2.24, 2.45) is 5.73 Å². The van der Waals surface area contributed by atoms with E-state index in [1.54, 1.807) is 0 Å². The molecule has 2 heterocycles. The van der Waals surface area contributed by atoms with Crippen LogP contribution in [0.3, 0.4) is 0 Å². The van der Waals surface area contributed by atoms with Gasteiger partial charge in [-0.05, 0) is 49.4 Å². The zero-order chi connectivity index (χ0) is 24.8. The average molecular weight is 496 g/mol. The number of carbonyl (C=O) groups excluding carboxylic acids is 4. The zero-order valence-electron chi connectivity index (χ0n) is 17.7. The Hall–Kier alpha value is -3.61. The van der Waals surface area contributed by atoms with Crippen molar-refractivity contribution in [3.8, 4) is 5.75 Å². The summed E-state index contributed by atoms with van der Waals surface area (Å²) in [6.45, 7) is 0.746. The van der Waals surface area contributed by atoms with Gasteiger partial charge in [0.2, 0.25) is 5.91 Å². The smallest absolute Gasteiger partial charge is 0.406 e. The van der Waals surface area contributed by atoms with Gasteiger partial charge in [0.15, 0.2) is 0 Å². The molecule has 1 aliphatic carbocycles. The molecule has 34 heavy (non-hydrogen) atoms. The lowest BCUT2D eigenvalue weighted by Crippen LogP contribution is -2.42. The first-order chi connectivity index (χ1) is 15.9. The van der Waals surface area contributed by atoms with Crippen molar-refractivity contribution < 1.29 is 37.1 Å². The molecule has 5 amide bonds. The van der Waals surface area contributed by atoms with Crippen molar-refractivity contribution in [1.29, 1.82) is 0 Å². The minimum absolute atomic E-state index is 0.203. The Morgan fingerprint density at radius 1 is 1.24 bits per heavy atom. The highest BCUT2D eigenvalue weighted by atomic mass is 32.1. The third kappa shape index (κ3) is 4.30. The fourth-order valence-electron chi connectivity index (χ4n) is 4.09. The number of rotatable bonds is 6. The molecule has 13 heteroatoms. The van der Waals surface area contributed by atoms with Crippen molar-refractivity contribution in [2.75, 3.05) is 11.9 Å². The second-order valence-corrected chi connectivity index (χ2v) is 9.10. The van der Waals surface area contributed by atoms with Crippen LogP contribution in [0.1, 0.15) is 39.7 Å². The van der Waals surface area contributed by atoms with Crippen molar-refractivity contribution >= 4 is 40.1 Å². The molecule has 0 radical (unpaired) electrons. The Morgan fingerprint density at radius 3 is 2.53 bits per heavy atom. The molecular formula is C21H19F3N4O5S. The van der Waals surface area contributed by atoms with Gasteiger partial charge in [-0.1, -0.05) is 12.1 Å². The maximum absolute atomic E-state index is 13.0. The fourth-order valence-corrected chi connectivity index (χ4v) is 5.40. The Labute approximate surface area is 195 Å². The normalized spacial score (nSPS) is 19.7. The molecule has 0 spiro atoms. The van der Waals surface area contributed by atoms with E-state index in [4.69, 9.17) is 5.73 Å². The Morgan fingerprint density at radius 2 is 1.91 bits per heavy atom. The summed E-state index contributed by atoms with van der Waals surface area (Å²) in [5.74, 6) is -2.62. The number of carbonyl (C=O) groups is 4. The molecule has 1 aliphatic heterocycles. The van der Waals surface area contributed by atoms with Gasteiger partial charge in [-0.2, -0.15) is 0 Å². The number of nitrogens with two attached hydrogens (primary N) is 1. The third-order valence-electron chi connectivity index (χ3n) is 5.66. The Bertz CT molecular complexity index is 1190. The number of halogens is 3. The van der Waals surface area contributed by atoms with E-state index in [9.17, 15) is 32.3 Å². The lowest BCUT2D eigenvalue weighted by atomic mass is 9.92. The second kappa shape index (κ2) is 8.31.